The maximum Gasteiger partial charge on any atom is 0.242 e. The summed E-state index contributed by atoms with van der Waals surface area (Å²) >= 11 is 1.68. The maximum absolute atomic E-state index is 13.6. The largest absolute Gasteiger partial charge is 0.383 e. The second-order valence-electron chi connectivity index (χ2n) is 8.38. The van der Waals surface area contributed by atoms with Crippen LogP contribution in [-0.4, -0.2) is 55.0 Å². The molecule has 0 N–H and O–H groups in total. The second-order valence-corrected chi connectivity index (χ2v) is 9.38. The van der Waals surface area contributed by atoms with Crippen LogP contribution < -0.4 is 0 Å². The van der Waals surface area contributed by atoms with E-state index in [1.807, 2.05) is 46.7 Å². The van der Waals surface area contributed by atoms with Gasteiger partial charge >= 0.3 is 0 Å². The lowest BCUT2D eigenvalue weighted by Crippen LogP contribution is -2.47. The van der Waals surface area contributed by atoms with Crippen LogP contribution in [0.5, 0.6) is 0 Å². The average molecular weight is 481 g/mol. The van der Waals surface area contributed by atoms with Gasteiger partial charge < -0.3 is 14.5 Å². The van der Waals surface area contributed by atoms with E-state index in [9.17, 15) is 14.0 Å². The van der Waals surface area contributed by atoms with Crippen LogP contribution in [0.4, 0.5) is 4.39 Å². The summed E-state index contributed by atoms with van der Waals surface area (Å²) in [5.41, 5.74) is 3.04. The van der Waals surface area contributed by atoms with Gasteiger partial charge in [-0.15, -0.1) is 11.3 Å². The number of amides is 2. The molecule has 5 nitrogen and oxygen atoms in total. The van der Waals surface area contributed by atoms with Crippen LogP contribution in [0.1, 0.15) is 34.0 Å². The summed E-state index contributed by atoms with van der Waals surface area (Å²) in [5.74, 6) is -0.492. The number of methoxy groups -OCH3 is 1. The summed E-state index contributed by atoms with van der Waals surface area (Å²) in [6.07, 6.45) is 1.73. The zero-order chi connectivity index (χ0) is 23.9. The van der Waals surface area contributed by atoms with Crippen molar-refractivity contribution in [3.63, 3.8) is 0 Å². The number of nitrogens with zero attached hydrogens (tertiary/aromatic N) is 2. The quantitative estimate of drug-likeness (QED) is 0.454. The van der Waals surface area contributed by atoms with Crippen molar-refractivity contribution in [1.29, 1.82) is 0 Å². The summed E-state index contributed by atoms with van der Waals surface area (Å²) in [4.78, 5) is 31.3. The highest BCUT2D eigenvalue weighted by Gasteiger charge is 2.34. The molecule has 0 saturated carbocycles. The van der Waals surface area contributed by atoms with E-state index in [1.54, 1.807) is 35.5 Å². The fraction of sp³-hybridized carbons (Fsp3) is 0.333. The van der Waals surface area contributed by atoms with E-state index in [4.69, 9.17) is 4.74 Å². The number of aryl methyl sites for hydroxylation is 1. The lowest BCUT2D eigenvalue weighted by molar-refractivity contribution is -0.142. The van der Waals surface area contributed by atoms with Gasteiger partial charge in [0.25, 0.3) is 0 Å². The van der Waals surface area contributed by atoms with Crippen molar-refractivity contribution in [2.45, 2.75) is 25.3 Å². The summed E-state index contributed by atoms with van der Waals surface area (Å²) in [6, 6.07) is 17.9. The Hall–Kier alpha value is -3.03. The van der Waals surface area contributed by atoms with Gasteiger partial charge in [-0.3, -0.25) is 9.59 Å². The Labute approximate surface area is 203 Å². The third-order valence-electron chi connectivity index (χ3n) is 6.19. The third kappa shape index (κ3) is 5.72. The molecule has 4 rings (SSSR count). The summed E-state index contributed by atoms with van der Waals surface area (Å²) < 4.78 is 18.8. The number of fused-ring (bicyclic) bond motifs is 1. The smallest absolute Gasteiger partial charge is 0.242 e. The molecule has 34 heavy (non-hydrogen) atoms. The molecule has 1 unspecified atom stereocenters. The van der Waals surface area contributed by atoms with Crippen molar-refractivity contribution in [1.82, 2.24) is 9.80 Å². The Bertz CT molecular complexity index is 1100. The molecule has 0 saturated heterocycles. The molecule has 1 aromatic heterocycles. The third-order valence-corrected chi connectivity index (χ3v) is 7.18. The van der Waals surface area contributed by atoms with Gasteiger partial charge in [0, 0.05) is 31.5 Å². The monoisotopic (exact) mass is 480 g/mol. The molecule has 1 aliphatic rings. The Morgan fingerprint density at radius 2 is 1.88 bits per heavy atom. The zero-order valence-electron chi connectivity index (χ0n) is 19.3. The van der Waals surface area contributed by atoms with Crippen LogP contribution in [-0.2, 0) is 27.2 Å². The second kappa shape index (κ2) is 11.4. The molecule has 3 aromatic rings. The van der Waals surface area contributed by atoms with E-state index in [2.05, 4.69) is 0 Å². The predicted octanol–water partition coefficient (Wildman–Crippen LogP) is 4.47. The number of rotatable bonds is 9. The van der Waals surface area contributed by atoms with E-state index in [0.29, 0.717) is 32.5 Å². The molecule has 7 heteroatoms. The van der Waals surface area contributed by atoms with Gasteiger partial charge in [-0.1, -0.05) is 42.5 Å². The van der Waals surface area contributed by atoms with Gasteiger partial charge in [0.05, 0.1) is 19.2 Å². The van der Waals surface area contributed by atoms with Crippen molar-refractivity contribution >= 4 is 23.2 Å². The molecule has 2 heterocycles. The Morgan fingerprint density at radius 1 is 1.12 bits per heavy atom. The molecule has 2 amide bonds. The van der Waals surface area contributed by atoms with Crippen molar-refractivity contribution in [2.24, 2.45) is 0 Å². The van der Waals surface area contributed by atoms with Crippen LogP contribution in [0.25, 0.3) is 0 Å². The first kappa shape index (κ1) is 24.1. The van der Waals surface area contributed by atoms with Gasteiger partial charge in [-0.25, -0.2) is 4.39 Å². The fourth-order valence-corrected chi connectivity index (χ4v) is 5.29. The van der Waals surface area contributed by atoms with Crippen molar-refractivity contribution < 1.29 is 18.7 Å². The first-order valence-electron chi connectivity index (χ1n) is 11.5. The molecule has 0 radical (unpaired) electrons. The molecular weight excluding hydrogens is 451 g/mol. The minimum absolute atomic E-state index is 0.00581. The molecule has 0 bridgehead atoms. The highest BCUT2D eigenvalue weighted by Crippen LogP contribution is 2.37. The number of benzene rings is 2. The van der Waals surface area contributed by atoms with Gasteiger partial charge in [-0.2, -0.15) is 0 Å². The standard InChI is InChI=1S/C27H29FN2O3S/c1-33-17-16-29(25(31)12-7-20-5-3-2-4-6-20)19-26(32)30-15-13-24-23(14-18-34-24)27(30)21-8-10-22(28)11-9-21/h2-6,8-11,14,18,27H,7,12-13,15-17,19H2,1H3. The normalized spacial score (nSPS) is 15.1. The summed E-state index contributed by atoms with van der Waals surface area (Å²) in [7, 11) is 1.59. The predicted molar refractivity (Wildman–Crippen MR) is 131 cm³/mol. The topological polar surface area (TPSA) is 49.9 Å². The van der Waals surface area contributed by atoms with E-state index in [-0.39, 0.29) is 30.2 Å². The van der Waals surface area contributed by atoms with E-state index < -0.39 is 0 Å². The number of thiophene rings is 1. The van der Waals surface area contributed by atoms with Gasteiger partial charge in [0.2, 0.25) is 11.8 Å². The maximum atomic E-state index is 13.6. The molecule has 0 spiro atoms. The minimum atomic E-state index is -0.308. The highest BCUT2D eigenvalue weighted by atomic mass is 32.1. The first-order chi connectivity index (χ1) is 16.6. The lowest BCUT2D eigenvalue weighted by Gasteiger charge is -2.37. The number of hydrogen-bond donors (Lipinski definition) is 0. The van der Waals surface area contributed by atoms with Crippen molar-refractivity contribution in [2.75, 3.05) is 33.4 Å². The summed E-state index contributed by atoms with van der Waals surface area (Å²) in [6.45, 7) is 1.27. The van der Waals surface area contributed by atoms with E-state index in [1.165, 1.54) is 17.0 Å². The number of carbonyl (C=O) groups is 2. The van der Waals surface area contributed by atoms with E-state index in [0.717, 1.165) is 23.1 Å². The van der Waals surface area contributed by atoms with Gasteiger partial charge in [-0.05, 0) is 53.1 Å². The van der Waals surface area contributed by atoms with Crippen LogP contribution >= 0.6 is 11.3 Å². The van der Waals surface area contributed by atoms with Crippen LogP contribution in [0.15, 0.2) is 66.0 Å². The molecule has 2 aromatic carbocycles. The molecule has 1 atom stereocenters. The molecule has 0 fully saturated rings. The molecule has 1 aliphatic heterocycles. The number of ether oxygens (including phenoxy) is 1. The Balaban J connectivity index is 1.51. The van der Waals surface area contributed by atoms with Crippen LogP contribution in [0.2, 0.25) is 0 Å². The Kier molecular flexibility index (Phi) is 8.08. The molecule has 178 valence electrons. The van der Waals surface area contributed by atoms with Gasteiger partial charge in [0.1, 0.15) is 5.82 Å². The first-order valence-corrected chi connectivity index (χ1v) is 12.4. The Morgan fingerprint density at radius 3 is 2.62 bits per heavy atom. The van der Waals surface area contributed by atoms with Crippen LogP contribution in [0.3, 0.4) is 0 Å². The number of hydrogen-bond acceptors (Lipinski definition) is 4. The lowest BCUT2D eigenvalue weighted by atomic mass is 9.93. The number of halogens is 1. The van der Waals surface area contributed by atoms with Crippen LogP contribution in [0, 0.1) is 5.82 Å². The van der Waals surface area contributed by atoms with E-state index >= 15 is 0 Å². The highest BCUT2D eigenvalue weighted by molar-refractivity contribution is 7.10. The summed E-state index contributed by atoms with van der Waals surface area (Å²) in [5, 5.41) is 2.03. The number of carbonyl (C=O) groups excluding carboxylic acids is 2. The van der Waals surface area contributed by atoms with Gasteiger partial charge in [0.15, 0.2) is 0 Å². The molecular formula is C27H29FN2O3S. The SMILES string of the molecule is COCCN(CC(=O)N1CCc2sccc2C1c1ccc(F)cc1)C(=O)CCc1ccccc1. The zero-order valence-corrected chi connectivity index (χ0v) is 20.1. The van der Waals surface area contributed by atoms with Crippen molar-refractivity contribution in [3.8, 4) is 0 Å². The minimum Gasteiger partial charge on any atom is -0.383 e. The average Bonchev–Trinajstić information content (AvgIpc) is 3.34. The fourth-order valence-electron chi connectivity index (χ4n) is 4.39. The van der Waals surface area contributed by atoms with Crippen molar-refractivity contribution in [3.05, 3.63) is 93.4 Å². The molecule has 0 aliphatic carbocycles.